The number of piperidine rings is 1. The molecule has 1 saturated carbocycles. The van der Waals surface area contributed by atoms with Crippen molar-refractivity contribution >= 4 is 17.3 Å². The Morgan fingerprint density at radius 2 is 2.05 bits per heavy atom. The van der Waals surface area contributed by atoms with E-state index in [1.807, 2.05) is 18.2 Å². The molecule has 0 spiro atoms. The highest BCUT2D eigenvalue weighted by Crippen LogP contribution is 2.44. The molecule has 3 rings (SSSR count). The summed E-state index contributed by atoms with van der Waals surface area (Å²) in [6.45, 7) is 1.90. The topological polar surface area (TPSA) is 58.8 Å². The molecule has 0 aromatic heterocycles. The summed E-state index contributed by atoms with van der Waals surface area (Å²) < 4.78 is 4.98. The third kappa shape index (κ3) is 2.65. The Kier molecular flexibility index (Phi) is 4.00. The lowest BCUT2D eigenvalue weighted by Crippen LogP contribution is -2.51. The molecule has 1 heterocycles. The Bertz CT molecular complexity index is 549. The second-order valence-electron chi connectivity index (χ2n) is 6.45. The number of nitrogens with two attached hydrogens (primary N) is 1. The van der Waals surface area contributed by atoms with Gasteiger partial charge in [0.25, 0.3) is 0 Å². The summed E-state index contributed by atoms with van der Waals surface area (Å²) in [7, 11) is 3.62. The zero-order valence-electron chi connectivity index (χ0n) is 13.4. The van der Waals surface area contributed by atoms with Crippen LogP contribution in [0, 0.1) is 0 Å². The van der Waals surface area contributed by atoms with Crippen LogP contribution < -0.4 is 10.6 Å². The van der Waals surface area contributed by atoms with Crippen molar-refractivity contribution in [1.29, 1.82) is 0 Å². The maximum absolute atomic E-state index is 12.0. The van der Waals surface area contributed by atoms with Crippen molar-refractivity contribution in [3.8, 4) is 0 Å². The van der Waals surface area contributed by atoms with Crippen molar-refractivity contribution in [2.45, 2.75) is 37.3 Å². The van der Waals surface area contributed by atoms with Gasteiger partial charge in [-0.15, -0.1) is 0 Å². The van der Waals surface area contributed by atoms with Crippen LogP contribution in [0.1, 0.15) is 25.7 Å². The maximum Gasteiger partial charge on any atom is 0.326 e. The summed E-state index contributed by atoms with van der Waals surface area (Å²) in [6, 6.07) is 8.51. The first-order valence-electron chi connectivity index (χ1n) is 7.99. The van der Waals surface area contributed by atoms with Crippen molar-refractivity contribution < 1.29 is 9.53 Å². The van der Waals surface area contributed by atoms with Crippen LogP contribution in [0.2, 0.25) is 0 Å². The zero-order chi connectivity index (χ0) is 15.7. The summed E-state index contributed by atoms with van der Waals surface area (Å²) in [5.41, 5.74) is 7.52. The van der Waals surface area contributed by atoms with Gasteiger partial charge in [-0.1, -0.05) is 6.07 Å². The van der Waals surface area contributed by atoms with Crippen LogP contribution in [0.15, 0.2) is 24.3 Å². The molecular formula is C17H25N3O2. The number of ether oxygens (including phenoxy) is 1. The van der Waals surface area contributed by atoms with Gasteiger partial charge in [0.15, 0.2) is 0 Å². The van der Waals surface area contributed by atoms with Crippen LogP contribution in [0.3, 0.4) is 0 Å². The zero-order valence-corrected chi connectivity index (χ0v) is 13.4. The second kappa shape index (κ2) is 5.80. The lowest BCUT2D eigenvalue weighted by Gasteiger charge is -2.40. The number of esters is 1. The maximum atomic E-state index is 12.0. The highest BCUT2D eigenvalue weighted by molar-refractivity contribution is 5.84. The summed E-state index contributed by atoms with van der Waals surface area (Å²) in [4.78, 5) is 16.6. The van der Waals surface area contributed by atoms with E-state index in [-0.39, 0.29) is 11.5 Å². The number of hydrogen-bond donors (Lipinski definition) is 1. The highest BCUT2D eigenvalue weighted by atomic mass is 16.5. The van der Waals surface area contributed by atoms with E-state index in [4.69, 9.17) is 10.5 Å². The van der Waals surface area contributed by atoms with Gasteiger partial charge < -0.3 is 15.4 Å². The molecule has 0 radical (unpaired) electrons. The number of benzene rings is 1. The van der Waals surface area contributed by atoms with E-state index in [0.29, 0.717) is 6.04 Å². The van der Waals surface area contributed by atoms with Crippen LogP contribution >= 0.6 is 0 Å². The normalized spacial score (nSPS) is 21.4. The number of hydrogen-bond acceptors (Lipinski definition) is 5. The van der Waals surface area contributed by atoms with Crippen molar-refractivity contribution in [2.75, 3.05) is 37.9 Å². The number of nitrogen functional groups attached to an aromatic ring is 1. The molecular weight excluding hydrogens is 278 g/mol. The van der Waals surface area contributed by atoms with Gasteiger partial charge in [0.1, 0.15) is 5.54 Å². The molecule has 5 heteroatoms. The average Bonchev–Trinajstić information content (AvgIpc) is 3.35. The van der Waals surface area contributed by atoms with Crippen molar-refractivity contribution in [3.63, 3.8) is 0 Å². The van der Waals surface area contributed by atoms with Crippen molar-refractivity contribution in [2.24, 2.45) is 0 Å². The van der Waals surface area contributed by atoms with Crippen molar-refractivity contribution in [3.05, 3.63) is 24.3 Å². The Balaban J connectivity index is 1.61. The van der Waals surface area contributed by atoms with E-state index in [9.17, 15) is 4.79 Å². The molecule has 22 heavy (non-hydrogen) atoms. The molecule has 5 nitrogen and oxygen atoms in total. The number of likely N-dealkylation sites (tertiary alicyclic amines) is 1. The van der Waals surface area contributed by atoms with E-state index < -0.39 is 0 Å². The fourth-order valence-corrected chi connectivity index (χ4v) is 3.59. The Labute approximate surface area is 132 Å². The molecule has 120 valence electrons. The highest BCUT2D eigenvalue weighted by Gasteiger charge is 2.56. The molecule has 0 unspecified atom stereocenters. The van der Waals surface area contributed by atoms with Crippen LogP contribution in [-0.4, -0.2) is 49.7 Å². The first-order chi connectivity index (χ1) is 10.6. The number of carbonyl (C=O) groups is 1. The third-order valence-corrected chi connectivity index (χ3v) is 5.18. The van der Waals surface area contributed by atoms with Gasteiger partial charge in [-0.3, -0.25) is 9.69 Å². The lowest BCUT2D eigenvalue weighted by molar-refractivity contribution is -0.149. The molecule has 0 bridgehead atoms. The average molecular weight is 303 g/mol. The fourth-order valence-electron chi connectivity index (χ4n) is 3.59. The molecule has 1 aromatic rings. The lowest BCUT2D eigenvalue weighted by atomic mass is 10.0. The van der Waals surface area contributed by atoms with E-state index in [1.54, 1.807) is 0 Å². The quantitative estimate of drug-likeness (QED) is 0.680. The van der Waals surface area contributed by atoms with E-state index in [1.165, 1.54) is 7.11 Å². The molecule has 0 amide bonds. The SMILES string of the molecule is COC(=O)C1(N2CCC(N(C)c3cccc(N)c3)CC2)CC1. The predicted octanol–water partition coefficient (Wildman–Crippen LogP) is 1.87. The van der Waals surface area contributed by atoms with Gasteiger partial charge in [-0.2, -0.15) is 0 Å². The Hall–Kier alpha value is -1.75. The van der Waals surface area contributed by atoms with Gasteiger partial charge >= 0.3 is 5.97 Å². The standard InChI is InChI=1S/C17H25N3O2/c1-19(15-5-3-4-13(18)12-15)14-6-10-20(11-7-14)17(8-9-17)16(21)22-2/h3-5,12,14H,6-11,18H2,1-2H3. The predicted molar refractivity (Wildman–Crippen MR) is 87.8 cm³/mol. The van der Waals surface area contributed by atoms with E-state index in [0.717, 1.165) is 50.1 Å². The molecule has 1 aliphatic heterocycles. The molecule has 0 atom stereocenters. The van der Waals surface area contributed by atoms with Crippen LogP contribution in [0.5, 0.6) is 0 Å². The second-order valence-corrected chi connectivity index (χ2v) is 6.45. The van der Waals surface area contributed by atoms with Crippen LogP contribution in [0.4, 0.5) is 11.4 Å². The Morgan fingerprint density at radius 3 is 2.59 bits per heavy atom. The number of carbonyl (C=O) groups excluding carboxylic acids is 1. The first kappa shape index (κ1) is 15.2. The van der Waals surface area contributed by atoms with E-state index >= 15 is 0 Å². The van der Waals surface area contributed by atoms with Gasteiger partial charge in [-0.05, 0) is 43.9 Å². The summed E-state index contributed by atoms with van der Waals surface area (Å²) in [6.07, 6.45) is 4.00. The minimum atomic E-state index is -0.310. The number of anilines is 2. The minimum Gasteiger partial charge on any atom is -0.468 e. The van der Waals surface area contributed by atoms with Gasteiger partial charge in [0, 0.05) is 37.6 Å². The molecule has 2 fully saturated rings. The molecule has 1 aromatic carbocycles. The third-order valence-electron chi connectivity index (χ3n) is 5.18. The van der Waals surface area contributed by atoms with Crippen LogP contribution in [0.25, 0.3) is 0 Å². The fraction of sp³-hybridized carbons (Fsp3) is 0.588. The van der Waals surface area contributed by atoms with E-state index in [2.05, 4.69) is 22.9 Å². The number of nitrogens with zero attached hydrogens (tertiary/aromatic N) is 2. The van der Waals surface area contributed by atoms with Crippen molar-refractivity contribution in [1.82, 2.24) is 4.90 Å². The summed E-state index contributed by atoms with van der Waals surface area (Å²) in [5.74, 6) is -0.0601. The number of rotatable bonds is 4. The summed E-state index contributed by atoms with van der Waals surface area (Å²) >= 11 is 0. The molecule has 1 aliphatic carbocycles. The van der Waals surface area contributed by atoms with Gasteiger partial charge in [0.2, 0.25) is 0 Å². The van der Waals surface area contributed by atoms with Gasteiger partial charge in [0.05, 0.1) is 7.11 Å². The minimum absolute atomic E-state index is 0.0601. The number of methoxy groups -OCH3 is 1. The molecule has 1 saturated heterocycles. The first-order valence-corrected chi connectivity index (χ1v) is 7.99. The summed E-state index contributed by atoms with van der Waals surface area (Å²) in [5, 5.41) is 0. The largest absolute Gasteiger partial charge is 0.468 e. The Morgan fingerprint density at radius 1 is 1.36 bits per heavy atom. The monoisotopic (exact) mass is 303 g/mol. The molecule has 2 aliphatic rings. The molecule has 2 N–H and O–H groups in total. The smallest absolute Gasteiger partial charge is 0.326 e. The van der Waals surface area contributed by atoms with Crippen LogP contribution in [-0.2, 0) is 9.53 Å². The van der Waals surface area contributed by atoms with Gasteiger partial charge in [-0.25, -0.2) is 0 Å².